The number of rotatable bonds is 5. The molecule has 1 fully saturated rings. The van der Waals surface area contributed by atoms with Gasteiger partial charge in [0.1, 0.15) is 12.4 Å². The lowest BCUT2D eigenvalue weighted by Gasteiger charge is -2.32. The Morgan fingerprint density at radius 3 is 2.82 bits per heavy atom. The highest BCUT2D eigenvalue weighted by Gasteiger charge is 2.19. The third kappa shape index (κ3) is 3.26. The molecule has 0 radical (unpaired) electrons. The minimum Gasteiger partial charge on any atom is -0.381 e. The summed E-state index contributed by atoms with van der Waals surface area (Å²) in [5.74, 6) is 1.92. The van der Waals surface area contributed by atoms with Crippen LogP contribution in [0.5, 0.6) is 0 Å². The first-order valence-corrected chi connectivity index (χ1v) is 7.36. The summed E-state index contributed by atoms with van der Waals surface area (Å²) in [6.07, 6.45) is 3.82. The molecule has 1 saturated heterocycles. The normalized spacial score (nSPS) is 15.9. The molecule has 2 aromatic rings. The molecule has 118 valence electrons. The summed E-state index contributed by atoms with van der Waals surface area (Å²) in [5, 5.41) is 3.85. The van der Waals surface area contributed by atoms with Crippen LogP contribution in [0, 0.1) is 0 Å². The van der Waals surface area contributed by atoms with E-state index in [1.807, 2.05) is 12.1 Å². The van der Waals surface area contributed by atoms with E-state index in [4.69, 9.17) is 14.0 Å². The Morgan fingerprint density at radius 1 is 1.32 bits per heavy atom. The van der Waals surface area contributed by atoms with Crippen molar-refractivity contribution in [3.63, 3.8) is 0 Å². The van der Waals surface area contributed by atoms with Gasteiger partial charge in [-0.25, -0.2) is 4.98 Å². The smallest absolute Gasteiger partial charge is 0.259 e. The lowest BCUT2D eigenvalue weighted by atomic mass is 10.1. The lowest BCUT2D eigenvalue weighted by Crippen LogP contribution is -2.37. The van der Waals surface area contributed by atoms with E-state index >= 15 is 0 Å². The predicted molar refractivity (Wildman–Crippen MR) is 80.5 cm³/mol. The second-order valence-electron chi connectivity index (χ2n) is 5.31. The summed E-state index contributed by atoms with van der Waals surface area (Å²) in [7, 11) is 3.67. The van der Waals surface area contributed by atoms with Gasteiger partial charge in [-0.05, 0) is 25.0 Å². The van der Waals surface area contributed by atoms with Gasteiger partial charge in [0, 0.05) is 39.6 Å². The molecule has 0 aromatic carbocycles. The Morgan fingerprint density at radius 2 is 2.14 bits per heavy atom. The number of aromatic nitrogens is 3. The van der Waals surface area contributed by atoms with Gasteiger partial charge in [0.05, 0.1) is 5.56 Å². The second-order valence-corrected chi connectivity index (χ2v) is 5.31. The number of hydrogen-bond donors (Lipinski definition) is 0. The molecule has 0 unspecified atom stereocenters. The van der Waals surface area contributed by atoms with Gasteiger partial charge in [0.2, 0.25) is 0 Å². The van der Waals surface area contributed by atoms with E-state index < -0.39 is 0 Å². The Hall–Kier alpha value is -1.99. The van der Waals surface area contributed by atoms with Crippen LogP contribution in [0.1, 0.15) is 18.7 Å². The van der Waals surface area contributed by atoms with Crippen molar-refractivity contribution in [3.8, 4) is 11.5 Å². The van der Waals surface area contributed by atoms with Crippen LogP contribution >= 0.6 is 0 Å². The van der Waals surface area contributed by atoms with Crippen LogP contribution in [0.4, 0.5) is 5.82 Å². The fourth-order valence-electron chi connectivity index (χ4n) is 2.54. The Labute approximate surface area is 129 Å². The Kier molecular flexibility index (Phi) is 4.65. The summed E-state index contributed by atoms with van der Waals surface area (Å²) < 4.78 is 15.6. The molecule has 1 aliphatic heterocycles. The van der Waals surface area contributed by atoms with Crippen LogP contribution < -0.4 is 4.90 Å². The zero-order valence-electron chi connectivity index (χ0n) is 12.9. The maximum absolute atomic E-state index is 5.40. The molecule has 0 aliphatic carbocycles. The van der Waals surface area contributed by atoms with Crippen LogP contribution in [0.15, 0.2) is 22.9 Å². The van der Waals surface area contributed by atoms with Crippen molar-refractivity contribution in [1.82, 2.24) is 15.1 Å². The first kappa shape index (κ1) is 14.9. The SMILES string of the molecule is COCc1noc(-c2ccc(N(C)C3CCOCC3)nc2)n1. The standard InChI is InChI=1S/C15H20N4O3/c1-19(12-5-7-21-8-6-12)14-4-3-11(9-16-14)15-17-13(10-20-2)18-22-15/h3-4,9,12H,5-8,10H2,1-2H3. The molecular weight excluding hydrogens is 284 g/mol. The molecule has 0 bridgehead atoms. The molecular formula is C15H20N4O3. The van der Waals surface area contributed by atoms with Crippen molar-refractivity contribution in [2.75, 3.05) is 32.3 Å². The first-order chi connectivity index (χ1) is 10.8. The number of nitrogens with zero attached hydrogens (tertiary/aromatic N) is 4. The van der Waals surface area contributed by atoms with Gasteiger partial charge < -0.3 is 18.9 Å². The van der Waals surface area contributed by atoms with E-state index in [2.05, 4.69) is 27.1 Å². The van der Waals surface area contributed by atoms with Gasteiger partial charge in [0.25, 0.3) is 5.89 Å². The van der Waals surface area contributed by atoms with E-state index in [0.717, 1.165) is 37.4 Å². The summed E-state index contributed by atoms with van der Waals surface area (Å²) in [6.45, 7) is 1.97. The third-order valence-corrected chi connectivity index (χ3v) is 3.84. The van der Waals surface area contributed by atoms with Gasteiger partial charge in [0.15, 0.2) is 5.82 Å². The average Bonchev–Trinajstić information content (AvgIpc) is 3.04. The highest BCUT2D eigenvalue weighted by Crippen LogP contribution is 2.22. The molecule has 22 heavy (non-hydrogen) atoms. The van der Waals surface area contributed by atoms with Crippen molar-refractivity contribution in [3.05, 3.63) is 24.2 Å². The van der Waals surface area contributed by atoms with Gasteiger partial charge in [-0.3, -0.25) is 0 Å². The van der Waals surface area contributed by atoms with E-state index in [0.29, 0.717) is 24.4 Å². The van der Waals surface area contributed by atoms with Crippen LogP contribution in [0.2, 0.25) is 0 Å². The van der Waals surface area contributed by atoms with E-state index in [-0.39, 0.29) is 0 Å². The van der Waals surface area contributed by atoms with Crippen molar-refractivity contribution < 1.29 is 14.0 Å². The van der Waals surface area contributed by atoms with Crippen LogP contribution in [-0.4, -0.2) is 48.5 Å². The average molecular weight is 304 g/mol. The summed E-state index contributed by atoms with van der Waals surface area (Å²) in [6, 6.07) is 4.40. The molecule has 1 aliphatic rings. The highest BCUT2D eigenvalue weighted by atomic mass is 16.5. The number of anilines is 1. The van der Waals surface area contributed by atoms with Crippen LogP contribution in [-0.2, 0) is 16.1 Å². The van der Waals surface area contributed by atoms with Crippen LogP contribution in [0.25, 0.3) is 11.5 Å². The molecule has 0 N–H and O–H groups in total. The lowest BCUT2D eigenvalue weighted by molar-refractivity contribution is 0.0853. The van der Waals surface area contributed by atoms with Gasteiger partial charge in [-0.2, -0.15) is 4.98 Å². The Balaban J connectivity index is 1.71. The van der Waals surface area contributed by atoms with Gasteiger partial charge in [-0.1, -0.05) is 5.16 Å². The maximum Gasteiger partial charge on any atom is 0.259 e. The topological polar surface area (TPSA) is 73.5 Å². The number of methoxy groups -OCH3 is 1. The van der Waals surface area contributed by atoms with Crippen molar-refractivity contribution in [2.24, 2.45) is 0 Å². The number of pyridine rings is 1. The van der Waals surface area contributed by atoms with Crippen molar-refractivity contribution in [2.45, 2.75) is 25.5 Å². The molecule has 0 atom stereocenters. The molecule has 3 rings (SSSR count). The van der Waals surface area contributed by atoms with Gasteiger partial charge in [-0.15, -0.1) is 0 Å². The minimum atomic E-state index is 0.335. The third-order valence-electron chi connectivity index (χ3n) is 3.84. The molecule has 2 aromatic heterocycles. The predicted octanol–water partition coefficient (Wildman–Crippen LogP) is 1.89. The van der Waals surface area contributed by atoms with Crippen molar-refractivity contribution >= 4 is 5.82 Å². The maximum atomic E-state index is 5.40. The molecule has 0 saturated carbocycles. The summed E-state index contributed by atoms with van der Waals surface area (Å²) >= 11 is 0. The quantitative estimate of drug-likeness (QED) is 0.835. The molecule has 3 heterocycles. The largest absolute Gasteiger partial charge is 0.381 e. The van der Waals surface area contributed by atoms with Crippen molar-refractivity contribution in [1.29, 1.82) is 0 Å². The van der Waals surface area contributed by atoms with Crippen LogP contribution in [0.3, 0.4) is 0 Å². The Bertz CT molecular complexity index is 593. The monoisotopic (exact) mass is 304 g/mol. The van der Waals surface area contributed by atoms with E-state index in [1.54, 1.807) is 13.3 Å². The summed E-state index contributed by atoms with van der Waals surface area (Å²) in [4.78, 5) is 11.0. The molecule has 7 heteroatoms. The van der Waals surface area contributed by atoms with Gasteiger partial charge >= 0.3 is 0 Å². The van der Waals surface area contributed by atoms with E-state index in [9.17, 15) is 0 Å². The minimum absolute atomic E-state index is 0.335. The molecule has 0 spiro atoms. The first-order valence-electron chi connectivity index (χ1n) is 7.36. The fraction of sp³-hybridized carbons (Fsp3) is 0.533. The second kappa shape index (κ2) is 6.85. The number of hydrogen-bond acceptors (Lipinski definition) is 7. The molecule has 7 nitrogen and oxygen atoms in total. The zero-order chi connectivity index (χ0) is 15.4. The zero-order valence-corrected chi connectivity index (χ0v) is 12.9. The summed E-state index contributed by atoms with van der Waals surface area (Å²) in [5.41, 5.74) is 0.805. The number of ether oxygens (including phenoxy) is 2. The highest BCUT2D eigenvalue weighted by molar-refractivity contribution is 5.54. The fourth-order valence-corrected chi connectivity index (χ4v) is 2.54. The molecule has 0 amide bonds. The van der Waals surface area contributed by atoms with E-state index in [1.165, 1.54) is 0 Å².